The average Bonchev–Trinajstić information content (AvgIpc) is 2.35. The highest BCUT2D eigenvalue weighted by Gasteiger charge is 2.17. The zero-order chi connectivity index (χ0) is 12.3. The maximum absolute atomic E-state index is 11.9. The molecular formula is C12H16N2O3. The standard InChI is InChI=1S/C12H16N2O3/c1-10-2-3-11(15)14(8-10)9-12(16)13-4-6-17-7-5-13/h2-3,8H,4-7,9H2,1H3. The second-order valence-electron chi connectivity index (χ2n) is 4.17. The Morgan fingerprint density at radius 3 is 2.76 bits per heavy atom. The molecule has 0 radical (unpaired) electrons. The maximum Gasteiger partial charge on any atom is 0.251 e. The Morgan fingerprint density at radius 2 is 2.06 bits per heavy atom. The highest BCUT2D eigenvalue weighted by atomic mass is 16.5. The van der Waals surface area contributed by atoms with Crippen molar-refractivity contribution in [3.8, 4) is 0 Å². The van der Waals surface area contributed by atoms with Gasteiger partial charge in [0.2, 0.25) is 5.91 Å². The molecule has 1 aromatic rings. The van der Waals surface area contributed by atoms with E-state index in [1.807, 2.05) is 6.92 Å². The van der Waals surface area contributed by atoms with Crippen LogP contribution < -0.4 is 5.56 Å². The van der Waals surface area contributed by atoms with Crippen LogP contribution in [0.25, 0.3) is 0 Å². The normalized spacial score (nSPS) is 15.9. The fraction of sp³-hybridized carbons (Fsp3) is 0.500. The molecule has 0 unspecified atom stereocenters. The number of aromatic nitrogens is 1. The fourth-order valence-corrected chi connectivity index (χ4v) is 1.83. The molecule has 17 heavy (non-hydrogen) atoms. The Bertz CT molecular complexity index is 461. The van der Waals surface area contributed by atoms with Crippen LogP contribution in [-0.4, -0.2) is 41.7 Å². The Balaban J connectivity index is 2.07. The largest absolute Gasteiger partial charge is 0.378 e. The van der Waals surface area contributed by atoms with E-state index in [4.69, 9.17) is 4.74 Å². The van der Waals surface area contributed by atoms with E-state index in [1.165, 1.54) is 10.6 Å². The first-order chi connectivity index (χ1) is 8.16. The Morgan fingerprint density at radius 1 is 1.35 bits per heavy atom. The minimum absolute atomic E-state index is 0.0269. The molecule has 1 fully saturated rings. The summed E-state index contributed by atoms with van der Waals surface area (Å²) in [7, 11) is 0. The van der Waals surface area contributed by atoms with E-state index in [1.54, 1.807) is 17.2 Å². The summed E-state index contributed by atoms with van der Waals surface area (Å²) in [4.78, 5) is 25.2. The summed E-state index contributed by atoms with van der Waals surface area (Å²) in [5.41, 5.74) is 0.830. The molecule has 92 valence electrons. The third-order valence-corrected chi connectivity index (χ3v) is 2.80. The maximum atomic E-state index is 11.9. The molecule has 0 bridgehead atoms. The molecule has 1 amide bonds. The number of carbonyl (C=O) groups is 1. The van der Waals surface area contributed by atoms with Crippen molar-refractivity contribution in [3.63, 3.8) is 0 Å². The van der Waals surface area contributed by atoms with Gasteiger partial charge in [-0.2, -0.15) is 0 Å². The van der Waals surface area contributed by atoms with Crippen LogP contribution in [0.15, 0.2) is 23.1 Å². The van der Waals surface area contributed by atoms with Gasteiger partial charge in [-0.3, -0.25) is 9.59 Å². The highest BCUT2D eigenvalue weighted by molar-refractivity contribution is 5.76. The number of amides is 1. The predicted molar refractivity (Wildman–Crippen MR) is 62.8 cm³/mol. The van der Waals surface area contributed by atoms with Crippen molar-refractivity contribution in [2.75, 3.05) is 26.3 Å². The minimum Gasteiger partial charge on any atom is -0.378 e. The molecule has 0 aromatic carbocycles. The minimum atomic E-state index is -0.141. The summed E-state index contributed by atoms with van der Waals surface area (Å²) < 4.78 is 6.63. The lowest BCUT2D eigenvalue weighted by Crippen LogP contribution is -2.43. The van der Waals surface area contributed by atoms with Crippen molar-refractivity contribution >= 4 is 5.91 Å². The molecule has 1 aliphatic rings. The zero-order valence-corrected chi connectivity index (χ0v) is 9.89. The van der Waals surface area contributed by atoms with Crippen LogP contribution in [-0.2, 0) is 16.1 Å². The van der Waals surface area contributed by atoms with Crippen LogP contribution in [0.1, 0.15) is 5.56 Å². The lowest BCUT2D eigenvalue weighted by atomic mass is 10.3. The van der Waals surface area contributed by atoms with Crippen molar-refractivity contribution in [1.82, 2.24) is 9.47 Å². The number of nitrogens with zero attached hydrogens (tertiary/aromatic N) is 2. The molecule has 0 N–H and O–H groups in total. The van der Waals surface area contributed by atoms with E-state index >= 15 is 0 Å². The number of hydrogen-bond donors (Lipinski definition) is 0. The molecule has 2 rings (SSSR count). The van der Waals surface area contributed by atoms with Gasteiger partial charge in [0, 0.05) is 25.4 Å². The monoisotopic (exact) mass is 236 g/mol. The van der Waals surface area contributed by atoms with Crippen molar-refractivity contribution in [2.24, 2.45) is 0 Å². The molecule has 0 saturated carbocycles. The molecule has 0 spiro atoms. The number of hydrogen-bond acceptors (Lipinski definition) is 3. The van der Waals surface area contributed by atoms with Crippen LogP contribution in [0.4, 0.5) is 0 Å². The van der Waals surface area contributed by atoms with Crippen LogP contribution in [0.3, 0.4) is 0 Å². The van der Waals surface area contributed by atoms with Crippen molar-refractivity contribution in [2.45, 2.75) is 13.5 Å². The van der Waals surface area contributed by atoms with E-state index in [0.717, 1.165) is 5.56 Å². The Labute approximate surface area is 99.6 Å². The highest BCUT2D eigenvalue weighted by Crippen LogP contribution is 1.99. The Kier molecular flexibility index (Phi) is 3.58. The number of ether oxygens (including phenoxy) is 1. The fourth-order valence-electron chi connectivity index (χ4n) is 1.83. The molecule has 1 saturated heterocycles. The first-order valence-electron chi connectivity index (χ1n) is 5.69. The van der Waals surface area contributed by atoms with Crippen molar-refractivity contribution < 1.29 is 9.53 Å². The van der Waals surface area contributed by atoms with Crippen LogP contribution in [0.5, 0.6) is 0 Å². The first kappa shape index (κ1) is 11.9. The summed E-state index contributed by atoms with van der Waals surface area (Å²) in [6, 6.07) is 3.24. The van der Waals surface area contributed by atoms with Gasteiger partial charge in [0.1, 0.15) is 6.54 Å². The van der Waals surface area contributed by atoms with Gasteiger partial charge in [0.25, 0.3) is 5.56 Å². The number of pyridine rings is 1. The van der Waals surface area contributed by atoms with Gasteiger partial charge in [0.15, 0.2) is 0 Å². The molecule has 1 aromatic heterocycles. The molecule has 2 heterocycles. The van der Waals surface area contributed by atoms with E-state index in [9.17, 15) is 9.59 Å². The summed E-state index contributed by atoms with van der Waals surface area (Å²) in [6.45, 7) is 4.39. The topological polar surface area (TPSA) is 51.5 Å². The summed E-state index contributed by atoms with van der Waals surface area (Å²) >= 11 is 0. The van der Waals surface area contributed by atoms with Crippen molar-refractivity contribution in [3.05, 3.63) is 34.2 Å². The summed E-state index contributed by atoms with van der Waals surface area (Å²) in [5.74, 6) is -0.0269. The van der Waals surface area contributed by atoms with Gasteiger partial charge in [-0.1, -0.05) is 6.07 Å². The van der Waals surface area contributed by atoms with Gasteiger partial charge in [0.05, 0.1) is 13.2 Å². The van der Waals surface area contributed by atoms with Crippen LogP contribution in [0.2, 0.25) is 0 Å². The second-order valence-corrected chi connectivity index (χ2v) is 4.17. The van der Waals surface area contributed by atoms with Crippen LogP contribution in [0, 0.1) is 6.92 Å². The molecular weight excluding hydrogens is 220 g/mol. The molecule has 0 aliphatic carbocycles. The quantitative estimate of drug-likeness (QED) is 0.727. The molecule has 5 nitrogen and oxygen atoms in total. The smallest absolute Gasteiger partial charge is 0.251 e. The van der Waals surface area contributed by atoms with Gasteiger partial charge in [-0.15, -0.1) is 0 Å². The average molecular weight is 236 g/mol. The van der Waals surface area contributed by atoms with Crippen molar-refractivity contribution in [1.29, 1.82) is 0 Å². The number of carbonyl (C=O) groups excluding carboxylic acids is 1. The van der Waals surface area contributed by atoms with E-state index < -0.39 is 0 Å². The summed E-state index contributed by atoms with van der Waals surface area (Å²) in [5, 5.41) is 0. The number of rotatable bonds is 2. The lowest BCUT2D eigenvalue weighted by molar-refractivity contribution is -0.135. The van der Waals surface area contributed by atoms with E-state index in [2.05, 4.69) is 0 Å². The lowest BCUT2D eigenvalue weighted by Gasteiger charge is -2.27. The second kappa shape index (κ2) is 5.14. The number of aryl methyl sites for hydroxylation is 1. The van der Waals surface area contributed by atoms with Gasteiger partial charge in [-0.25, -0.2) is 0 Å². The SMILES string of the molecule is Cc1ccc(=O)n(CC(=O)N2CCOCC2)c1. The van der Waals surface area contributed by atoms with E-state index in [0.29, 0.717) is 26.3 Å². The third kappa shape index (κ3) is 2.94. The molecule has 1 aliphatic heterocycles. The molecule has 5 heteroatoms. The number of morpholine rings is 1. The van der Waals surface area contributed by atoms with Gasteiger partial charge >= 0.3 is 0 Å². The first-order valence-corrected chi connectivity index (χ1v) is 5.69. The van der Waals surface area contributed by atoms with Gasteiger partial charge < -0.3 is 14.2 Å². The van der Waals surface area contributed by atoms with Gasteiger partial charge in [-0.05, 0) is 12.5 Å². The van der Waals surface area contributed by atoms with E-state index in [-0.39, 0.29) is 18.0 Å². The third-order valence-electron chi connectivity index (χ3n) is 2.80. The summed E-state index contributed by atoms with van der Waals surface area (Å²) in [6.07, 6.45) is 1.71. The zero-order valence-electron chi connectivity index (χ0n) is 9.89. The Hall–Kier alpha value is -1.62. The van der Waals surface area contributed by atoms with Crippen LogP contribution >= 0.6 is 0 Å². The predicted octanol–water partition coefficient (Wildman–Crippen LogP) is 0.0155. The molecule has 0 atom stereocenters.